The van der Waals surface area contributed by atoms with Crippen molar-refractivity contribution in [3.63, 3.8) is 0 Å². The number of carbonyl (C=O) groups excluding carboxylic acids is 2. The van der Waals surface area contributed by atoms with Gasteiger partial charge in [-0.1, -0.05) is 25.4 Å². The van der Waals surface area contributed by atoms with Crippen molar-refractivity contribution in [2.24, 2.45) is 5.92 Å². The monoisotopic (exact) mass is 427 g/mol. The summed E-state index contributed by atoms with van der Waals surface area (Å²) in [5.74, 6) is 1.85. The van der Waals surface area contributed by atoms with E-state index in [0.29, 0.717) is 66.8 Å². The molecule has 5 nitrogen and oxygen atoms in total. The Morgan fingerprint density at radius 3 is 2.53 bits per heavy atom. The number of hydrogen-bond acceptors (Lipinski definition) is 4. The lowest BCUT2D eigenvalue weighted by atomic mass is 9.82. The van der Waals surface area contributed by atoms with Gasteiger partial charge in [-0.25, -0.2) is 0 Å². The van der Waals surface area contributed by atoms with Crippen LogP contribution in [0.3, 0.4) is 0 Å². The molecule has 0 aromatic heterocycles. The predicted octanol–water partition coefficient (Wildman–Crippen LogP) is 5.02. The van der Waals surface area contributed by atoms with Gasteiger partial charge in [0.15, 0.2) is 5.78 Å². The van der Waals surface area contributed by atoms with Crippen molar-refractivity contribution in [3.8, 4) is 11.5 Å². The lowest BCUT2D eigenvalue weighted by Gasteiger charge is -2.44. The summed E-state index contributed by atoms with van der Waals surface area (Å²) in [6, 6.07) is 12.5. The summed E-state index contributed by atoms with van der Waals surface area (Å²) in [6.45, 7) is 5.95. The molecule has 0 saturated carbocycles. The van der Waals surface area contributed by atoms with Crippen molar-refractivity contribution in [1.82, 2.24) is 4.90 Å². The fraction of sp³-hybridized carbons (Fsp3) is 0.417. The van der Waals surface area contributed by atoms with Gasteiger partial charge in [0.05, 0.1) is 18.6 Å². The molecular formula is C24H26ClNO4. The van der Waals surface area contributed by atoms with Crippen molar-refractivity contribution in [2.45, 2.75) is 38.7 Å². The number of ketones is 1. The lowest BCUT2D eigenvalue weighted by molar-refractivity contribution is -0.00570. The summed E-state index contributed by atoms with van der Waals surface area (Å²) in [5.41, 5.74) is 0.651. The van der Waals surface area contributed by atoms with E-state index in [1.165, 1.54) is 0 Å². The van der Waals surface area contributed by atoms with E-state index >= 15 is 0 Å². The number of piperidine rings is 1. The minimum Gasteiger partial charge on any atom is -0.493 e. The van der Waals surface area contributed by atoms with Crippen LogP contribution in [-0.4, -0.2) is 41.9 Å². The predicted molar refractivity (Wildman–Crippen MR) is 116 cm³/mol. The highest BCUT2D eigenvalue weighted by molar-refractivity contribution is 6.31. The van der Waals surface area contributed by atoms with Gasteiger partial charge in [-0.05, 0) is 48.4 Å². The number of likely N-dealkylation sites (tertiary alicyclic amines) is 1. The Morgan fingerprint density at radius 2 is 1.87 bits per heavy atom. The van der Waals surface area contributed by atoms with Gasteiger partial charge in [-0.2, -0.15) is 0 Å². The zero-order valence-corrected chi connectivity index (χ0v) is 18.1. The third kappa shape index (κ3) is 4.31. The molecule has 0 radical (unpaired) electrons. The third-order valence-corrected chi connectivity index (χ3v) is 5.93. The van der Waals surface area contributed by atoms with Crippen molar-refractivity contribution in [2.75, 3.05) is 19.7 Å². The minimum absolute atomic E-state index is 0.00502. The number of benzene rings is 2. The number of carbonyl (C=O) groups is 2. The molecule has 4 rings (SSSR count). The first kappa shape index (κ1) is 20.7. The van der Waals surface area contributed by atoms with Crippen LogP contribution in [0, 0.1) is 5.92 Å². The van der Waals surface area contributed by atoms with Crippen LogP contribution in [0.1, 0.15) is 53.8 Å². The van der Waals surface area contributed by atoms with Gasteiger partial charge in [0.1, 0.15) is 17.1 Å². The summed E-state index contributed by atoms with van der Waals surface area (Å²) in [7, 11) is 0. The number of fused-ring (bicyclic) bond motifs is 1. The van der Waals surface area contributed by atoms with Gasteiger partial charge in [0.2, 0.25) is 0 Å². The highest BCUT2D eigenvalue weighted by atomic mass is 35.5. The van der Waals surface area contributed by atoms with Crippen molar-refractivity contribution in [3.05, 3.63) is 58.6 Å². The average molecular weight is 428 g/mol. The molecular weight excluding hydrogens is 402 g/mol. The third-order valence-electron chi connectivity index (χ3n) is 5.70. The lowest BCUT2D eigenvalue weighted by Crippen LogP contribution is -2.52. The van der Waals surface area contributed by atoms with Crippen LogP contribution in [0.2, 0.25) is 5.02 Å². The highest BCUT2D eigenvalue weighted by Gasteiger charge is 2.43. The zero-order chi connectivity index (χ0) is 21.3. The van der Waals surface area contributed by atoms with Crippen LogP contribution < -0.4 is 9.47 Å². The van der Waals surface area contributed by atoms with Gasteiger partial charge >= 0.3 is 0 Å². The number of ether oxygens (including phenoxy) is 2. The second-order valence-corrected chi connectivity index (χ2v) is 8.98. The number of rotatable bonds is 4. The maximum atomic E-state index is 12.9. The van der Waals surface area contributed by atoms with Crippen LogP contribution in [0.4, 0.5) is 0 Å². The SMILES string of the molecule is CC(C)COc1ccc(C(=O)N2CCC3(CC2)CC(=O)c2cc(Cl)ccc2O3)cc1. The van der Waals surface area contributed by atoms with E-state index in [9.17, 15) is 9.59 Å². The smallest absolute Gasteiger partial charge is 0.253 e. The molecule has 2 aliphatic heterocycles. The Balaban J connectivity index is 1.39. The largest absolute Gasteiger partial charge is 0.493 e. The summed E-state index contributed by atoms with van der Waals surface area (Å²) >= 11 is 6.01. The molecule has 2 heterocycles. The van der Waals surface area contributed by atoms with E-state index < -0.39 is 5.60 Å². The molecule has 2 aromatic carbocycles. The van der Waals surface area contributed by atoms with Crippen LogP contribution in [0.25, 0.3) is 0 Å². The minimum atomic E-state index is -0.538. The molecule has 158 valence electrons. The highest BCUT2D eigenvalue weighted by Crippen LogP contribution is 2.40. The Hall–Kier alpha value is -2.53. The van der Waals surface area contributed by atoms with Gasteiger partial charge in [-0.15, -0.1) is 0 Å². The van der Waals surface area contributed by atoms with Crippen LogP contribution in [0.15, 0.2) is 42.5 Å². The molecule has 2 aromatic rings. The van der Waals surface area contributed by atoms with E-state index in [1.54, 1.807) is 18.2 Å². The van der Waals surface area contributed by atoms with Gasteiger partial charge in [0, 0.05) is 36.5 Å². The Kier molecular flexibility index (Phi) is 5.74. The average Bonchev–Trinajstić information content (AvgIpc) is 2.73. The maximum Gasteiger partial charge on any atom is 0.253 e. The maximum absolute atomic E-state index is 12.9. The summed E-state index contributed by atoms with van der Waals surface area (Å²) in [4.78, 5) is 27.4. The molecule has 30 heavy (non-hydrogen) atoms. The summed E-state index contributed by atoms with van der Waals surface area (Å²) in [6.07, 6.45) is 1.58. The Bertz CT molecular complexity index is 946. The van der Waals surface area contributed by atoms with Crippen molar-refractivity contribution < 1.29 is 19.1 Å². The molecule has 2 aliphatic rings. The van der Waals surface area contributed by atoms with Gasteiger partial charge < -0.3 is 14.4 Å². The van der Waals surface area contributed by atoms with Crippen molar-refractivity contribution >= 4 is 23.3 Å². The molecule has 1 amide bonds. The second kappa shape index (κ2) is 8.31. The van der Waals surface area contributed by atoms with E-state index in [1.807, 2.05) is 29.2 Å². The summed E-state index contributed by atoms with van der Waals surface area (Å²) < 4.78 is 11.9. The Labute approximate surface area is 181 Å². The quantitative estimate of drug-likeness (QED) is 0.687. The van der Waals surface area contributed by atoms with Gasteiger partial charge in [-0.3, -0.25) is 9.59 Å². The van der Waals surface area contributed by atoms with Crippen LogP contribution in [-0.2, 0) is 0 Å². The number of hydrogen-bond donors (Lipinski definition) is 0. The first-order valence-corrected chi connectivity index (χ1v) is 10.8. The number of nitrogens with zero attached hydrogens (tertiary/aromatic N) is 1. The molecule has 1 spiro atoms. The Morgan fingerprint density at radius 1 is 1.17 bits per heavy atom. The molecule has 6 heteroatoms. The van der Waals surface area contributed by atoms with Gasteiger partial charge in [0.25, 0.3) is 5.91 Å². The standard InChI is InChI=1S/C24H26ClNO4/c1-16(2)15-29-19-6-3-17(4-7-19)23(28)26-11-9-24(10-12-26)14-21(27)20-13-18(25)5-8-22(20)30-24/h3-8,13,16H,9-12,14-15H2,1-2H3. The molecule has 0 atom stereocenters. The van der Waals surface area contributed by atoms with Crippen LogP contribution >= 0.6 is 11.6 Å². The topological polar surface area (TPSA) is 55.8 Å². The molecule has 0 unspecified atom stereocenters. The normalized spacial score (nSPS) is 17.6. The van der Waals surface area contributed by atoms with Crippen molar-refractivity contribution in [1.29, 1.82) is 0 Å². The van der Waals surface area contributed by atoms with E-state index in [-0.39, 0.29) is 11.7 Å². The molecule has 1 saturated heterocycles. The molecule has 0 aliphatic carbocycles. The van der Waals surface area contributed by atoms with E-state index in [4.69, 9.17) is 21.1 Å². The number of halogens is 1. The fourth-order valence-corrected chi connectivity index (χ4v) is 4.17. The number of Topliss-reactive ketones (excluding diaryl/α,β-unsaturated/α-hetero) is 1. The summed E-state index contributed by atoms with van der Waals surface area (Å²) in [5, 5.41) is 0.530. The zero-order valence-electron chi connectivity index (χ0n) is 17.3. The van der Waals surface area contributed by atoms with E-state index in [2.05, 4.69) is 13.8 Å². The molecule has 1 fully saturated rings. The molecule has 0 bridgehead atoms. The first-order chi connectivity index (χ1) is 14.3. The van der Waals surface area contributed by atoms with E-state index in [0.717, 1.165) is 5.75 Å². The number of amides is 1. The van der Waals surface area contributed by atoms with Crippen LogP contribution in [0.5, 0.6) is 11.5 Å². The fourth-order valence-electron chi connectivity index (χ4n) is 4.00. The first-order valence-electron chi connectivity index (χ1n) is 10.4. The molecule has 0 N–H and O–H groups in total. The second-order valence-electron chi connectivity index (χ2n) is 8.55.